The van der Waals surface area contributed by atoms with Gasteiger partial charge in [0.05, 0.1) is 25.5 Å². The molecule has 0 bridgehead atoms. The van der Waals surface area contributed by atoms with E-state index in [0.717, 1.165) is 72.2 Å². The van der Waals surface area contributed by atoms with E-state index < -0.39 is 8.07 Å². The third-order valence-electron chi connectivity index (χ3n) is 8.07. The first-order valence-electron chi connectivity index (χ1n) is 15.0. The van der Waals surface area contributed by atoms with Crippen LogP contribution < -0.4 is 9.80 Å². The zero-order valence-electron chi connectivity index (χ0n) is 25.1. The van der Waals surface area contributed by atoms with Crippen LogP contribution >= 0.6 is 0 Å². The summed E-state index contributed by atoms with van der Waals surface area (Å²) in [7, 11) is -1.14. The fourth-order valence-electron chi connectivity index (χ4n) is 5.58. The van der Waals surface area contributed by atoms with Crippen molar-refractivity contribution in [1.29, 1.82) is 0 Å². The van der Waals surface area contributed by atoms with Crippen molar-refractivity contribution in [3.05, 3.63) is 48.8 Å². The van der Waals surface area contributed by atoms with E-state index in [-0.39, 0.29) is 11.9 Å². The van der Waals surface area contributed by atoms with Crippen LogP contribution in [0, 0.1) is 0 Å². The predicted octanol–water partition coefficient (Wildman–Crippen LogP) is 5.34. The minimum Gasteiger partial charge on any atom is -0.377 e. The van der Waals surface area contributed by atoms with Gasteiger partial charge in [0.15, 0.2) is 11.5 Å². The molecule has 2 fully saturated rings. The summed E-state index contributed by atoms with van der Waals surface area (Å²) in [6.45, 7) is 13.2. The topological polar surface area (TPSA) is 90.5 Å². The van der Waals surface area contributed by atoms with Crippen molar-refractivity contribution in [2.24, 2.45) is 0 Å². The first-order chi connectivity index (χ1) is 20.3. The third kappa shape index (κ3) is 6.13. The summed E-state index contributed by atoms with van der Waals surface area (Å²) in [4.78, 5) is 21.8. The van der Waals surface area contributed by atoms with Crippen molar-refractivity contribution in [2.45, 2.75) is 64.6 Å². The minimum absolute atomic E-state index is 0.200. The molecule has 0 N–H and O–H groups in total. The molecule has 3 aromatic heterocycles. The summed E-state index contributed by atoms with van der Waals surface area (Å²) in [6, 6.07) is 13.7. The molecule has 4 aromatic rings. The van der Waals surface area contributed by atoms with Crippen LogP contribution in [0.1, 0.15) is 26.2 Å². The number of hydrogen-bond donors (Lipinski definition) is 0. The number of anilines is 2. The van der Waals surface area contributed by atoms with Crippen LogP contribution in [-0.2, 0) is 21.0 Å². The molecule has 0 spiro atoms. The van der Waals surface area contributed by atoms with Crippen LogP contribution in [0.2, 0.25) is 25.7 Å². The van der Waals surface area contributed by atoms with E-state index in [9.17, 15) is 4.79 Å². The first-order valence-corrected chi connectivity index (χ1v) is 18.7. The number of nitrogens with zero attached hydrogens (tertiary/aromatic N) is 7. The summed E-state index contributed by atoms with van der Waals surface area (Å²) in [5, 5.41) is 10.5. The highest BCUT2D eigenvalue weighted by molar-refractivity contribution is 6.76. The van der Waals surface area contributed by atoms with E-state index in [1.54, 1.807) is 0 Å². The molecule has 42 heavy (non-hydrogen) atoms. The summed E-state index contributed by atoms with van der Waals surface area (Å²) < 4.78 is 15.2. The largest absolute Gasteiger partial charge is 0.377 e. The quantitative estimate of drug-likeness (QED) is 0.193. The molecule has 0 radical (unpaired) electrons. The molecule has 1 amide bonds. The highest BCUT2D eigenvalue weighted by atomic mass is 28.3. The molecular weight excluding hydrogens is 546 g/mol. The lowest BCUT2D eigenvalue weighted by atomic mass is 10.0. The number of benzene rings is 1. The lowest BCUT2D eigenvalue weighted by Crippen LogP contribution is -2.44. The van der Waals surface area contributed by atoms with Gasteiger partial charge in [0.1, 0.15) is 12.5 Å². The molecule has 1 aromatic carbocycles. The van der Waals surface area contributed by atoms with Gasteiger partial charge in [-0.25, -0.2) is 9.67 Å². The number of carbonyl (C=O) groups is 1. The standard InChI is InChI=1S/C31H41N7O3Si/c1-23-21-40-16-15-36(23)29-19-26(24-8-10-25(11-9-24)37-13-6-5-7-30(37)39)27-20-32-38(31(27)33-29)28-12-14-35(34-28)22-41-17-18-42(2,3)4/h8-12,14,19-20,23H,5-7,13,15-18,21-22H2,1-4H3/t23-/m1/s1. The monoisotopic (exact) mass is 587 g/mol. The third-order valence-corrected chi connectivity index (χ3v) is 9.77. The van der Waals surface area contributed by atoms with Crippen molar-refractivity contribution in [3.8, 4) is 16.9 Å². The summed E-state index contributed by atoms with van der Waals surface area (Å²) in [6.07, 6.45) is 6.42. The Labute approximate surface area is 248 Å². The number of pyridine rings is 1. The van der Waals surface area contributed by atoms with Gasteiger partial charge in [0.25, 0.3) is 0 Å². The number of amides is 1. The molecule has 6 rings (SSSR count). The molecule has 222 valence electrons. The number of piperidine rings is 1. The van der Waals surface area contributed by atoms with Gasteiger partial charge < -0.3 is 19.3 Å². The Kier molecular flexibility index (Phi) is 8.15. The Morgan fingerprint density at radius 2 is 1.90 bits per heavy atom. The molecule has 10 nitrogen and oxygen atoms in total. The summed E-state index contributed by atoms with van der Waals surface area (Å²) in [5.74, 6) is 1.79. The van der Waals surface area contributed by atoms with Crippen molar-refractivity contribution in [1.82, 2.24) is 24.5 Å². The fourth-order valence-corrected chi connectivity index (χ4v) is 6.34. The van der Waals surface area contributed by atoms with Gasteiger partial charge in [0.2, 0.25) is 5.91 Å². The van der Waals surface area contributed by atoms with Crippen molar-refractivity contribution in [2.75, 3.05) is 42.7 Å². The second-order valence-electron chi connectivity index (χ2n) is 12.5. The Morgan fingerprint density at radius 1 is 1.07 bits per heavy atom. The number of hydrogen-bond acceptors (Lipinski definition) is 7. The number of ether oxygens (including phenoxy) is 2. The number of morpholine rings is 1. The normalized spacial score (nSPS) is 18.3. The molecule has 5 heterocycles. The van der Waals surface area contributed by atoms with E-state index in [0.29, 0.717) is 32.2 Å². The average molecular weight is 588 g/mol. The number of fused-ring (bicyclic) bond motifs is 1. The van der Waals surface area contributed by atoms with Crippen LogP contribution in [0.4, 0.5) is 11.5 Å². The van der Waals surface area contributed by atoms with E-state index in [1.165, 1.54) is 0 Å². The second-order valence-corrected chi connectivity index (χ2v) is 18.2. The van der Waals surface area contributed by atoms with Gasteiger partial charge in [-0.3, -0.25) is 4.79 Å². The van der Waals surface area contributed by atoms with E-state index in [2.05, 4.69) is 61.8 Å². The maximum absolute atomic E-state index is 12.5. The maximum Gasteiger partial charge on any atom is 0.226 e. The van der Waals surface area contributed by atoms with Crippen molar-refractivity contribution >= 4 is 36.5 Å². The molecule has 0 saturated carbocycles. The van der Waals surface area contributed by atoms with Crippen LogP contribution in [-0.4, -0.2) is 77.5 Å². The van der Waals surface area contributed by atoms with Crippen LogP contribution in [0.5, 0.6) is 0 Å². The Hall–Kier alpha value is -3.54. The number of carbonyl (C=O) groups excluding carboxylic acids is 1. The molecule has 2 aliphatic heterocycles. The maximum atomic E-state index is 12.5. The summed E-state index contributed by atoms with van der Waals surface area (Å²) >= 11 is 0. The SMILES string of the molecule is C[C@@H]1COCCN1c1cc(-c2ccc(N3CCCCC3=O)cc2)c2cnn(-c3ccn(COCC[Si](C)(C)C)n3)c2n1. The molecule has 2 aliphatic rings. The molecule has 0 unspecified atom stereocenters. The smallest absolute Gasteiger partial charge is 0.226 e. The molecule has 2 saturated heterocycles. The van der Waals surface area contributed by atoms with Crippen LogP contribution in [0.25, 0.3) is 28.0 Å². The molecule has 11 heteroatoms. The van der Waals surface area contributed by atoms with Crippen LogP contribution in [0.15, 0.2) is 48.8 Å². The van der Waals surface area contributed by atoms with Crippen molar-refractivity contribution < 1.29 is 14.3 Å². The fraction of sp³-hybridized carbons (Fsp3) is 0.484. The average Bonchev–Trinajstić information content (AvgIpc) is 3.62. The van der Waals surface area contributed by atoms with Gasteiger partial charge in [-0.05, 0) is 55.1 Å². The lowest BCUT2D eigenvalue weighted by molar-refractivity contribution is -0.119. The first kappa shape index (κ1) is 28.6. The zero-order valence-corrected chi connectivity index (χ0v) is 26.1. The van der Waals surface area contributed by atoms with Gasteiger partial charge in [-0.1, -0.05) is 31.8 Å². The zero-order chi connectivity index (χ0) is 29.3. The highest BCUT2D eigenvalue weighted by Gasteiger charge is 2.24. The van der Waals surface area contributed by atoms with E-state index >= 15 is 0 Å². The van der Waals surface area contributed by atoms with Crippen molar-refractivity contribution in [3.63, 3.8) is 0 Å². The van der Waals surface area contributed by atoms with Gasteiger partial charge in [-0.2, -0.15) is 14.9 Å². The Balaban J connectivity index is 1.34. The van der Waals surface area contributed by atoms with Gasteiger partial charge in [-0.15, -0.1) is 0 Å². The van der Waals surface area contributed by atoms with Crippen LogP contribution in [0.3, 0.4) is 0 Å². The highest BCUT2D eigenvalue weighted by Crippen LogP contribution is 2.34. The van der Waals surface area contributed by atoms with E-state index in [4.69, 9.17) is 24.7 Å². The Morgan fingerprint density at radius 3 is 2.67 bits per heavy atom. The van der Waals surface area contributed by atoms with Gasteiger partial charge >= 0.3 is 0 Å². The minimum atomic E-state index is -1.14. The summed E-state index contributed by atoms with van der Waals surface area (Å²) in [5.41, 5.74) is 3.80. The molecule has 0 aliphatic carbocycles. The number of rotatable bonds is 9. The predicted molar refractivity (Wildman–Crippen MR) is 168 cm³/mol. The molecular formula is C31H41N7O3Si. The van der Waals surface area contributed by atoms with Gasteiger partial charge in [0, 0.05) is 57.5 Å². The lowest BCUT2D eigenvalue weighted by Gasteiger charge is -2.34. The van der Waals surface area contributed by atoms with E-state index in [1.807, 2.05) is 32.7 Å². The Bertz CT molecular complexity index is 1540. The molecule has 1 atom stereocenters. The second kappa shape index (κ2) is 12.0. The number of aromatic nitrogens is 5.